The highest BCUT2D eigenvalue weighted by Gasteiger charge is 2.24. The molecule has 2 N–H and O–H groups in total. The van der Waals surface area contributed by atoms with Gasteiger partial charge in [0.1, 0.15) is 5.82 Å². The van der Waals surface area contributed by atoms with E-state index >= 15 is 0 Å². The summed E-state index contributed by atoms with van der Waals surface area (Å²) in [5.74, 6) is 1.86. The molecule has 3 aromatic rings. The lowest BCUT2D eigenvalue weighted by Crippen LogP contribution is -2.42. The molecule has 0 radical (unpaired) electrons. The van der Waals surface area contributed by atoms with Gasteiger partial charge in [0, 0.05) is 37.6 Å². The van der Waals surface area contributed by atoms with Gasteiger partial charge in [0.2, 0.25) is 0 Å². The van der Waals surface area contributed by atoms with Crippen LogP contribution in [-0.2, 0) is 6.42 Å². The monoisotopic (exact) mass is 411 g/mol. The molecule has 0 amide bonds. The number of thiophene rings is 1. The molecule has 29 heavy (non-hydrogen) atoms. The van der Waals surface area contributed by atoms with Crippen molar-refractivity contribution in [2.45, 2.75) is 31.7 Å². The third-order valence-electron chi connectivity index (χ3n) is 5.39. The molecular formula is C21H29N7S. The summed E-state index contributed by atoms with van der Waals surface area (Å²) in [7, 11) is 1.83. The SMILES string of the molecule is CN=C(NCCCc1nnc2ccccn12)NCC(c1cccs1)N1CCCC1. The molecule has 1 fully saturated rings. The lowest BCUT2D eigenvalue weighted by Gasteiger charge is -2.27. The van der Waals surface area contributed by atoms with Gasteiger partial charge in [0.25, 0.3) is 0 Å². The molecule has 1 unspecified atom stereocenters. The molecule has 7 nitrogen and oxygen atoms in total. The van der Waals surface area contributed by atoms with Crippen molar-refractivity contribution in [1.29, 1.82) is 0 Å². The van der Waals surface area contributed by atoms with Gasteiger partial charge in [-0.1, -0.05) is 12.1 Å². The molecule has 8 heteroatoms. The van der Waals surface area contributed by atoms with Crippen molar-refractivity contribution >= 4 is 22.9 Å². The van der Waals surface area contributed by atoms with Crippen molar-refractivity contribution in [2.75, 3.05) is 33.2 Å². The fourth-order valence-electron chi connectivity index (χ4n) is 3.87. The molecule has 0 aromatic carbocycles. The van der Waals surface area contributed by atoms with Crippen molar-refractivity contribution in [1.82, 2.24) is 30.1 Å². The summed E-state index contributed by atoms with van der Waals surface area (Å²) >= 11 is 1.84. The summed E-state index contributed by atoms with van der Waals surface area (Å²) in [6.45, 7) is 4.08. The Morgan fingerprint density at radius 3 is 2.86 bits per heavy atom. The number of pyridine rings is 1. The average Bonchev–Trinajstić information content (AvgIpc) is 3.52. The van der Waals surface area contributed by atoms with Gasteiger partial charge >= 0.3 is 0 Å². The lowest BCUT2D eigenvalue weighted by molar-refractivity contribution is 0.249. The van der Waals surface area contributed by atoms with E-state index in [9.17, 15) is 0 Å². The van der Waals surface area contributed by atoms with E-state index in [2.05, 4.69) is 52.6 Å². The number of aliphatic imine (C=N–C) groups is 1. The Labute approximate surface area is 175 Å². The number of nitrogens with zero attached hydrogens (tertiary/aromatic N) is 5. The molecule has 4 heterocycles. The molecule has 1 aliphatic rings. The van der Waals surface area contributed by atoms with E-state index in [0.717, 1.165) is 43.4 Å². The minimum absolute atomic E-state index is 0.415. The third kappa shape index (κ3) is 4.94. The third-order valence-corrected chi connectivity index (χ3v) is 6.37. The van der Waals surface area contributed by atoms with E-state index in [0.29, 0.717) is 6.04 Å². The van der Waals surface area contributed by atoms with Crippen LogP contribution >= 0.6 is 11.3 Å². The number of aromatic nitrogens is 3. The normalized spacial score (nSPS) is 16.4. The van der Waals surface area contributed by atoms with E-state index in [-0.39, 0.29) is 0 Å². The van der Waals surface area contributed by atoms with E-state index in [1.54, 1.807) is 0 Å². The van der Waals surface area contributed by atoms with Crippen LogP contribution in [0.25, 0.3) is 5.65 Å². The van der Waals surface area contributed by atoms with Crippen LogP contribution in [0.3, 0.4) is 0 Å². The Morgan fingerprint density at radius 1 is 1.17 bits per heavy atom. The number of aryl methyl sites for hydroxylation is 1. The molecule has 1 aliphatic heterocycles. The number of fused-ring (bicyclic) bond motifs is 1. The Balaban J connectivity index is 1.26. The van der Waals surface area contributed by atoms with Crippen LogP contribution in [0, 0.1) is 0 Å². The zero-order chi connectivity index (χ0) is 19.9. The fourth-order valence-corrected chi connectivity index (χ4v) is 4.73. The second kappa shape index (κ2) is 9.84. The van der Waals surface area contributed by atoms with Gasteiger partial charge in [-0.05, 0) is 55.9 Å². The largest absolute Gasteiger partial charge is 0.356 e. The van der Waals surface area contributed by atoms with Crippen molar-refractivity contribution in [3.8, 4) is 0 Å². The zero-order valence-electron chi connectivity index (χ0n) is 16.9. The maximum absolute atomic E-state index is 4.40. The molecule has 0 saturated carbocycles. The quantitative estimate of drug-likeness (QED) is 0.339. The van der Waals surface area contributed by atoms with Crippen LogP contribution in [0.4, 0.5) is 0 Å². The number of hydrogen-bond donors (Lipinski definition) is 2. The summed E-state index contributed by atoms with van der Waals surface area (Å²) in [6.07, 6.45) is 6.46. The Kier molecular flexibility index (Phi) is 6.74. The van der Waals surface area contributed by atoms with Crippen LogP contribution < -0.4 is 10.6 Å². The smallest absolute Gasteiger partial charge is 0.191 e. The molecule has 154 valence electrons. The van der Waals surface area contributed by atoms with Crippen LogP contribution in [0.1, 0.15) is 36.0 Å². The van der Waals surface area contributed by atoms with Crippen LogP contribution in [0.15, 0.2) is 46.9 Å². The molecular weight excluding hydrogens is 382 g/mol. The second-order valence-corrected chi connectivity index (χ2v) is 8.28. The fraction of sp³-hybridized carbons (Fsp3) is 0.476. The Hall–Kier alpha value is -2.45. The predicted octanol–water partition coefficient (Wildman–Crippen LogP) is 2.73. The Bertz CT molecular complexity index is 912. The van der Waals surface area contributed by atoms with E-state index in [1.807, 2.05) is 42.8 Å². The first-order valence-corrected chi connectivity index (χ1v) is 11.2. The minimum Gasteiger partial charge on any atom is -0.356 e. The first-order chi connectivity index (χ1) is 14.3. The van der Waals surface area contributed by atoms with Crippen molar-refractivity contribution in [2.24, 2.45) is 4.99 Å². The molecule has 0 spiro atoms. The molecule has 3 aromatic heterocycles. The molecule has 0 aliphatic carbocycles. The average molecular weight is 412 g/mol. The highest BCUT2D eigenvalue weighted by molar-refractivity contribution is 7.10. The minimum atomic E-state index is 0.415. The summed E-state index contributed by atoms with van der Waals surface area (Å²) in [6, 6.07) is 10.8. The number of nitrogens with one attached hydrogen (secondary N) is 2. The first kappa shape index (κ1) is 19.8. The molecule has 1 saturated heterocycles. The van der Waals surface area contributed by atoms with E-state index in [1.165, 1.54) is 30.8 Å². The van der Waals surface area contributed by atoms with Gasteiger partial charge in [-0.25, -0.2) is 0 Å². The predicted molar refractivity (Wildman–Crippen MR) is 119 cm³/mol. The van der Waals surface area contributed by atoms with Crippen LogP contribution in [0.2, 0.25) is 0 Å². The number of rotatable bonds is 8. The highest BCUT2D eigenvalue weighted by atomic mass is 32.1. The van der Waals surface area contributed by atoms with Crippen molar-refractivity contribution < 1.29 is 0 Å². The summed E-state index contributed by atoms with van der Waals surface area (Å²) in [5.41, 5.74) is 0.898. The zero-order valence-corrected chi connectivity index (χ0v) is 17.7. The van der Waals surface area contributed by atoms with Gasteiger partial charge in [-0.15, -0.1) is 21.5 Å². The van der Waals surface area contributed by atoms with E-state index in [4.69, 9.17) is 0 Å². The van der Waals surface area contributed by atoms with Crippen LogP contribution in [0.5, 0.6) is 0 Å². The summed E-state index contributed by atoms with van der Waals surface area (Å²) < 4.78 is 2.05. The number of guanidine groups is 1. The lowest BCUT2D eigenvalue weighted by atomic mass is 10.2. The molecule has 0 bridgehead atoms. The van der Waals surface area contributed by atoms with Gasteiger partial charge in [-0.2, -0.15) is 0 Å². The van der Waals surface area contributed by atoms with Crippen molar-refractivity contribution in [3.05, 3.63) is 52.6 Å². The van der Waals surface area contributed by atoms with Gasteiger partial charge in [0.15, 0.2) is 11.6 Å². The summed E-state index contributed by atoms with van der Waals surface area (Å²) in [5, 5.41) is 17.6. The molecule has 1 atom stereocenters. The first-order valence-electron chi connectivity index (χ1n) is 10.4. The Morgan fingerprint density at radius 2 is 2.07 bits per heavy atom. The maximum atomic E-state index is 4.40. The maximum Gasteiger partial charge on any atom is 0.191 e. The topological polar surface area (TPSA) is 69.8 Å². The van der Waals surface area contributed by atoms with Gasteiger partial charge < -0.3 is 10.6 Å². The highest BCUT2D eigenvalue weighted by Crippen LogP contribution is 2.27. The van der Waals surface area contributed by atoms with Gasteiger partial charge in [0.05, 0.1) is 6.04 Å². The van der Waals surface area contributed by atoms with Crippen LogP contribution in [-0.4, -0.2) is 58.7 Å². The second-order valence-electron chi connectivity index (χ2n) is 7.30. The number of likely N-dealkylation sites (tertiary alicyclic amines) is 1. The van der Waals surface area contributed by atoms with Gasteiger partial charge in [-0.3, -0.25) is 14.3 Å². The summed E-state index contributed by atoms with van der Waals surface area (Å²) in [4.78, 5) is 8.41. The van der Waals surface area contributed by atoms with E-state index < -0.39 is 0 Å². The standard InChI is InChI=1S/C21H29N7S/c1-22-21(23-11-6-10-20-26-25-19-9-2-3-14-28(19)20)24-16-17(18-8-7-15-29-18)27-12-4-5-13-27/h2-3,7-9,14-15,17H,4-6,10-13,16H2,1H3,(H2,22,23,24). The van der Waals surface area contributed by atoms with Crippen molar-refractivity contribution in [3.63, 3.8) is 0 Å². The molecule has 4 rings (SSSR count). The number of hydrogen-bond acceptors (Lipinski definition) is 5.